The van der Waals surface area contributed by atoms with E-state index in [2.05, 4.69) is 20.2 Å². The van der Waals surface area contributed by atoms with Gasteiger partial charge in [-0.2, -0.15) is 0 Å². The van der Waals surface area contributed by atoms with Crippen LogP contribution in [0.1, 0.15) is 25.2 Å². The lowest BCUT2D eigenvalue weighted by molar-refractivity contribution is 0.104. The molecule has 0 spiro atoms. The molecule has 1 atom stereocenters. The highest BCUT2D eigenvalue weighted by atomic mass is 16.3. The van der Waals surface area contributed by atoms with Crippen molar-refractivity contribution in [3.05, 3.63) is 60.2 Å². The zero-order valence-electron chi connectivity index (χ0n) is 14.3. The van der Waals surface area contributed by atoms with Gasteiger partial charge in [-0.1, -0.05) is 26.0 Å². The van der Waals surface area contributed by atoms with Gasteiger partial charge in [-0.05, 0) is 31.3 Å². The second kappa shape index (κ2) is 11.7. The van der Waals surface area contributed by atoms with E-state index in [4.69, 9.17) is 0 Å². The molecule has 2 aromatic rings. The summed E-state index contributed by atoms with van der Waals surface area (Å²) in [7, 11) is 1.84. The van der Waals surface area contributed by atoms with E-state index in [1.165, 1.54) is 0 Å². The van der Waals surface area contributed by atoms with E-state index >= 15 is 0 Å². The number of pyridine rings is 2. The summed E-state index contributed by atoms with van der Waals surface area (Å²) < 4.78 is 0. The molecule has 0 radical (unpaired) electrons. The van der Waals surface area contributed by atoms with Gasteiger partial charge in [0.2, 0.25) is 0 Å². The fraction of sp³-hybridized carbons (Fsp3) is 0.444. The van der Waals surface area contributed by atoms with Crippen LogP contribution in [0.5, 0.6) is 0 Å². The predicted octanol–water partition coefficient (Wildman–Crippen LogP) is 2.09. The first-order chi connectivity index (χ1) is 11.3. The van der Waals surface area contributed by atoms with E-state index in [-0.39, 0.29) is 0 Å². The molecule has 0 aliphatic heterocycles. The molecule has 0 aliphatic rings. The lowest BCUT2D eigenvalue weighted by Gasteiger charge is -2.24. The number of nitrogens with one attached hydrogen (secondary N) is 1. The van der Waals surface area contributed by atoms with Crippen molar-refractivity contribution in [3.8, 4) is 0 Å². The molecule has 0 saturated heterocycles. The molecule has 126 valence electrons. The molecule has 0 aromatic carbocycles. The summed E-state index contributed by atoms with van der Waals surface area (Å²) in [5, 5.41) is 13.0. The van der Waals surface area contributed by atoms with Gasteiger partial charge in [-0.15, -0.1) is 0 Å². The van der Waals surface area contributed by atoms with Crippen LogP contribution in [0, 0.1) is 0 Å². The number of aromatic nitrogens is 2. The molecule has 2 heterocycles. The lowest BCUT2D eigenvalue weighted by atomic mass is 10.2. The van der Waals surface area contributed by atoms with Crippen LogP contribution >= 0.6 is 0 Å². The molecule has 2 aromatic heterocycles. The van der Waals surface area contributed by atoms with Crippen molar-refractivity contribution in [3.63, 3.8) is 0 Å². The second-order valence-corrected chi connectivity index (χ2v) is 5.02. The summed E-state index contributed by atoms with van der Waals surface area (Å²) in [6.07, 6.45) is 3.17. The Hall–Kier alpha value is -1.82. The van der Waals surface area contributed by atoms with Crippen LogP contribution in [0.15, 0.2) is 48.8 Å². The Labute approximate surface area is 139 Å². The van der Waals surface area contributed by atoms with E-state index in [1.807, 2.05) is 57.3 Å². The fourth-order valence-electron chi connectivity index (χ4n) is 2.22. The van der Waals surface area contributed by atoms with Gasteiger partial charge in [0.25, 0.3) is 0 Å². The van der Waals surface area contributed by atoms with Gasteiger partial charge in [0.1, 0.15) is 0 Å². The van der Waals surface area contributed by atoms with Gasteiger partial charge in [0.15, 0.2) is 0 Å². The minimum Gasteiger partial charge on any atom is -0.390 e. The van der Waals surface area contributed by atoms with Gasteiger partial charge >= 0.3 is 0 Å². The average Bonchev–Trinajstić information content (AvgIpc) is 2.58. The second-order valence-electron chi connectivity index (χ2n) is 5.02. The standard InChI is InChI=1S/C16H22N4O.C2H6/c1-17-10-16(21)13-20(11-14-6-2-4-8-18-14)12-15-7-3-5-9-19-15;1-2/h2-9,16-17,21H,10-13H2,1H3;1-2H3. The first-order valence-electron chi connectivity index (χ1n) is 8.13. The minimum absolute atomic E-state index is 0.414. The molecule has 1 unspecified atom stereocenters. The van der Waals surface area contributed by atoms with Crippen LogP contribution in [0.25, 0.3) is 0 Å². The summed E-state index contributed by atoms with van der Waals surface area (Å²) in [5.74, 6) is 0. The van der Waals surface area contributed by atoms with Crippen LogP contribution < -0.4 is 5.32 Å². The van der Waals surface area contributed by atoms with Crippen molar-refractivity contribution < 1.29 is 5.11 Å². The van der Waals surface area contributed by atoms with Crippen molar-refractivity contribution in [1.82, 2.24) is 20.2 Å². The molecule has 0 saturated carbocycles. The number of likely N-dealkylation sites (N-methyl/N-ethyl adjacent to an activating group) is 1. The number of aliphatic hydroxyl groups excluding tert-OH is 1. The Balaban J connectivity index is 0.00000127. The lowest BCUT2D eigenvalue weighted by Crippen LogP contribution is -2.37. The van der Waals surface area contributed by atoms with Crippen LogP contribution in [0.2, 0.25) is 0 Å². The smallest absolute Gasteiger partial charge is 0.0791 e. The highest BCUT2D eigenvalue weighted by Crippen LogP contribution is 2.07. The molecule has 5 heteroatoms. The maximum atomic E-state index is 10.0. The summed E-state index contributed by atoms with van der Waals surface area (Å²) in [6.45, 7) is 6.53. The Morgan fingerprint density at radius 3 is 1.91 bits per heavy atom. The fourth-order valence-corrected chi connectivity index (χ4v) is 2.22. The third-order valence-corrected chi connectivity index (χ3v) is 3.13. The topological polar surface area (TPSA) is 61.3 Å². The number of hydrogen-bond acceptors (Lipinski definition) is 5. The molecule has 0 bridgehead atoms. The average molecular weight is 316 g/mol. The minimum atomic E-state index is -0.414. The Morgan fingerprint density at radius 1 is 1.00 bits per heavy atom. The van der Waals surface area contributed by atoms with Gasteiger partial charge in [0, 0.05) is 38.6 Å². The highest BCUT2D eigenvalue weighted by Gasteiger charge is 2.13. The molecule has 0 amide bonds. The predicted molar refractivity (Wildman–Crippen MR) is 93.9 cm³/mol. The van der Waals surface area contributed by atoms with E-state index in [0.29, 0.717) is 26.2 Å². The van der Waals surface area contributed by atoms with Gasteiger partial charge in [0.05, 0.1) is 17.5 Å². The number of nitrogens with zero attached hydrogens (tertiary/aromatic N) is 3. The number of aliphatic hydroxyl groups is 1. The third kappa shape index (κ3) is 7.83. The van der Waals surface area contributed by atoms with Crippen molar-refractivity contribution in [2.24, 2.45) is 0 Å². The first-order valence-corrected chi connectivity index (χ1v) is 8.13. The van der Waals surface area contributed by atoms with Crippen molar-refractivity contribution in [1.29, 1.82) is 0 Å². The van der Waals surface area contributed by atoms with Crippen LogP contribution in [0.3, 0.4) is 0 Å². The van der Waals surface area contributed by atoms with Gasteiger partial charge < -0.3 is 10.4 Å². The van der Waals surface area contributed by atoms with Crippen molar-refractivity contribution in [2.75, 3.05) is 20.1 Å². The molecular weight excluding hydrogens is 288 g/mol. The molecule has 23 heavy (non-hydrogen) atoms. The largest absolute Gasteiger partial charge is 0.390 e. The van der Waals surface area contributed by atoms with E-state index in [1.54, 1.807) is 12.4 Å². The Morgan fingerprint density at radius 2 is 1.52 bits per heavy atom. The van der Waals surface area contributed by atoms with Crippen LogP contribution in [-0.2, 0) is 13.1 Å². The summed E-state index contributed by atoms with van der Waals surface area (Å²) in [4.78, 5) is 10.9. The van der Waals surface area contributed by atoms with Crippen LogP contribution in [0.4, 0.5) is 0 Å². The zero-order chi connectivity index (χ0) is 16.9. The Kier molecular flexibility index (Phi) is 9.79. The Bertz CT molecular complexity index is 465. The maximum absolute atomic E-state index is 10.0. The number of rotatable bonds is 8. The zero-order valence-corrected chi connectivity index (χ0v) is 14.3. The molecule has 0 fully saturated rings. The SMILES string of the molecule is CC.CNCC(O)CN(Cc1ccccn1)Cc1ccccn1. The van der Waals surface area contributed by atoms with Crippen molar-refractivity contribution in [2.45, 2.75) is 33.0 Å². The molecule has 0 aliphatic carbocycles. The van der Waals surface area contributed by atoms with Crippen LogP contribution in [-0.4, -0.2) is 46.2 Å². The summed E-state index contributed by atoms with van der Waals surface area (Å²) >= 11 is 0. The normalized spacial score (nSPS) is 11.7. The summed E-state index contributed by atoms with van der Waals surface area (Å²) in [5.41, 5.74) is 1.98. The molecule has 2 N–H and O–H groups in total. The molecule has 2 rings (SSSR count). The number of hydrogen-bond donors (Lipinski definition) is 2. The highest BCUT2D eigenvalue weighted by molar-refractivity contribution is 5.06. The van der Waals surface area contributed by atoms with Gasteiger partial charge in [-0.3, -0.25) is 14.9 Å². The monoisotopic (exact) mass is 316 g/mol. The first kappa shape index (κ1) is 19.2. The van der Waals surface area contributed by atoms with Gasteiger partial charge in [-0.25, -0.2) is 0 Å². The molecule has 5 nitrogen and oxygen atoms in total. The van der Waals surface area contributed by atoms with E-state index < -0.39 is 6.10 Å². The maximum Gasteiger partial charge on any atom is 0.0791 e. The van der Waals surface area contributed by atoms with Crippen molar-refractivity contribution >= 4 is 0 Å². The van der Waals surface area contributed by atoms with E-state index in [0.717, 1.165) is 11.4 Å². The molecular formula is C18H28N4O. The third-order valence-electron chi connectivity index (χ3n) is 3.13. The summed E-state index contributed by atoms with van der Waals surface area (Å²) in [6, 6.07) is 11.8. The van der Waals surface area contributed by atoms with E-state index in [9.17, 15) is 5.11 Å². The quantitative estimate of drug-likeness (QED) is 0.781.